The number of amides is 2. The van der Waals surface area contributed by atoms with Gasteiger partial charge in [-0.25, -0.2) is 0 Å². The second kappa shape index (κ2) is 9.31. The fraction of sp³-hybridized carbons (Fsp3) is 0.708. The van der Waals surface area contributed by atoms with Crippen LogP contribution in [0.15, 0.2) is 0 Å². The number of rotatable bonds is 5. The maximum atomic E-state index is 13.1. The van der Waals surface area contributed by atoms with Crippen molar-refractivity contribution in [2.75, 3.05) is 5.32 Å². The SMILES string of the molecule is CC(C)NC(=O)c1c(NC(=O)[C@@H]2CCCC[C@@H]2C(=O)O)sc2c1CC[C@H](C(C)(C)C)C2. The van der Waals surface area contributed by atoms with E-state index in [9.17, 15) is 19.5 Å². The van der Waals surface area contributed by atoms with E-state index in [1.807, 2.05) is 13.8 Å². The lowest BCUT2D eigenvalue weighted by atomic mass is 9.72. The number of fused-ring (bicyclic) bond motifs is 1. The molecule has 0 bridgehead atoms. The van der Waals surface area contributed by atoms with Crippen LogP contribution >= 0.6 is 11.3 Å². The third-order valence-corrected chi connectivity index (χ3v) is 7.96. The lowest BCUT2D eigenvalue weighted by Gasteiger charge is -2.33. The monoisotopic (exact) mass is 448 g/mol. The summed E-state index contributed by atoms with van der Waals surface area (Å²) in [6, 6.07) is -0.00717. The molecule has 3 N–H and O–H groups in total. The number of carboxylic acids is 1. The zero-order valence-corrected chi connectivity index (χ0v) is 20.2. The van der Waals surface area contributed by atoms with Crippen LogP contribution in [0.2, 0.25) is 0 Å². The Morgan fingerprint density at radius 1 is 1.06 bits per heavy atom. The molecule has 1 heterocycles. The van der Waals surface area contributed by atoms with Crippen LogP contribution in [0, 0.1) is 23.2 Å². The highest BCUT2D eigenvalue weighted by atomic mass is 32.1. The highest BCUT2D eigenvalue weighted by Gasteiger charge is 2.38. The summed E-state index contributed by atoms with van der Waals surface area (Å²) in [5.41, 5.74) is 1.82. The molecule has 1 fully saturated rings. The molecule has 7 heteroatoms. The van der Waals surface area contributed by atoms with Crippen LogP contribution in [0.25, 0.3) is 0 Å². The Labute approximate surface area is 189 Å². The number of anilines is 1. The summed E-state index contributed by atoms with van der Waals surface area (Å²) in [5.74, 6) is -2.00. The van der Waals surface area contributed by atoms with Gasteiger partial charge in [-0.15, -0.1) is 11.3 Å². The van der Waals surface area contributed by atoms with Gasteiger partial charge in [0.15, 0.2) is 0 Å². The predicted octanol–water partition coefficient (Wildman–Crippen LogP) is 4.87. The third kappa shape index (κ3) is 5.30. The minimum atomic E-state index is -0.906. The van der Waals surface area contributed by atoms with E-state index >= 15 is 0 Å². The molecule has 3 rings (SSSR count). The summed E-state index contributed by atoms with van der Waals surface area (Å²) in [6.45, 7) is 10.6. The molecular weight excluding hydrogens is 412 g/mol. The Morgan fingerprint density at radius 3 is 2.29 bits per heavy atom. The second-order valence-corrected chi connectivity index (χ2v) is 11.6. The van der Waals surface area contributed by atoms with E-state index in [-0.39, 0.29) is 23.3 Å². The maximum absolute atomic E-state index is 13.1. The molecule has 2 aliphatic rings. The average Bonchev–Trinajstić information content (AvgIpc) is 3.03. The van der Waals surface area contributed by atoms with Gasteiger partial charge in [-0.3, -0.25) is 14.4 Å². The van der Waals surface area contributed by atoms with E-state index in [0.29, 0.717) is 29.3 Å². The zero-order chi connectivity index (χ0) is 22.9. The Morgan fingerprint density at radius 2 is 1.71 bits per heavy atom. The van der Waals surface area contributed by atoms with Crippen LogP contribution in [0.1, 0.15) is 87.5 Å². The molecule has 0 saturated heterocycles. The van der Waals surface area contributed by atoms with Gasteiger partial charge >= 0.3 is 5.97 Å². The molecule has 0 unspecified atom stereocenters. The van der Waals surface area contributed by atoms with Gasteiger partial charge in [-0.1, -0.05) is 33.6 Å². The van der Waals surface area contributed by atoms with Crippen molar-refractivity contribution in [3.8, 4) is 0 Å². The first-order valence-corrected chi connectivity index (χ1v) is 12.3. The molecule has 6 nitrogen and oxygen atoms in total. The van der Waals surface area contributed by atoms with Crippen LogP contribution in [0.3, 0.4) is 0 Å². The molecule has 31 heavy (non-hydrogen) atoms. The van der Waals surface area contributed by atoms with Gasteiger partial charge in [0.25, 0.3) is 5.91 Å². The second-order valence-electron chi connectivity index (χ2n) is 10.5. The Balaban J connectivity index is 1.91. The molecule has 0 radical (unpaired) electrons. The number of aliphatic carboxylic acids is 1. The molecule has 2 aliphatic carbocycles. The van der Waals surface area contributed by atoms with E-state index in [1.165, 1.54) is 16.2 Å². The van der Waals surface area contributed by atoms with Gasteiger partial charge in [0.2, 0.25) is 5.91 Å². The van der Waals surface area contributed by atoms with Crippen molar-refractivity contribution in [3.63, 3.8) is 0 Å². The number of carbonyl (C=O) groups is 3. The largest absolute Gasteiger partial charge is 0.481 e. The average molecular weight is 449 g/mol. The van der Waals surface area contributed by atoms with Crippen LogP contribution in [-0.4, -0.2) is 28.9 Å². The zero-order valence-electron chi connectivity index (χ0n) is 19.3. The lowest BCUT2D eigenvalue weighted by molar-refractivity contribution is -0.147. The summed E-state index contributed by atoms with van der Waals surface area (Å²) >= 11 is 1.50. The molecular formula is C24H36N2O4S. The first kappa shape index (κ1) is 23.8. The van der Waals surface area contributed by atoms with Crippen molar-refractivity contribution in [1.82, 2.24) is 5.32 Å². The van der Waals surface area contributed by atoms with Crippen molar-refractivity contribution in [3.05, 3.63) is 16.0 Å². The summed E-state index contributed by atoms with van der Waals surface area (Å²) in [4.78, 5) is 39.0. The van der Waals surface area contributed by atoms with Gasteiger partial charge in [0.05, 0.1) is 17.4 Å². The molecule has 1 aromatic rings. The first-order valence-electron chi connectivity index (χ1n) is 11.5. The van der Waals surface area contributed by atoms with Crippen LogP contribution in [0.5, 0.6) is 0 Å². The number of hydrogen-bond acceptors (Lipinski definition) is 4. The molecule has 1 aromatic heterocycles. The van der Waals surface area contributed by atoms with E-state index < -0.39 is 17.8 Å². The van der Waals surface area contributed by atoms with Crippen LogP contribution in [0.4, 0.5) is 5.00 Å². The maximum Gasteiger partial charge on any atom is 0.307 e. The fourth-order valence-corrected chi connectivity index (χ4v) is 6.26. The number of thiophene rings is 1. The highest BCUT2D eigenvalue weighted by Crippen LogP contribution is 2.44. The minimum absolute atomic E-state index is 0.00717. The number of hydrogen-bond donors (Lipinski definition) is 3. The first-order chi connectivity index (χ1) is 14.5. The van der Waals surface area contributed by atoms with Crippen molar-refractivity contribution in [2.45, 2.75) is 85.6 Å². The van der Waals surface area contributed by atoms with Crippen molar-refractivity contribution >= 4 is 34.1 Å². The van der Waals surface area contributed by atoms with Gasteiger partial charge in [-0.05, 0) is 62.8 Å². The Kier molecular flexibility index (Phi) is 7.14. The molecule has 1 saturated carbocycles. The van der Waals surface area contributed by atoms with E-state index in [1.54, 1.807) is 0 Å². The van der Waals surface area contributed by atoms with Crippen LogP contribution in [-0.2, 0) is 22.4 Å². The van der Waals surface area contributed by atoms with Gasteiger partial charge in [0.1, 0.15) is 5.00 Å². The number of carbonyl (C=O) groups excluding carboxylic acids is 2. The topological polar surface area (TPSA) is 95.5 Å². The third-order valence-electron chi connectivity index (χ3n) is 6.79. The smallest absolute Gasteiger partial charge is 0.307 e. The normalized spacial score (nSPS) is 23.9. The molecule has 2 amide bonds. The molecule has 0 spiro atoms. The highest BCUT2D eigenvalue weighted by molar-refractivity contribution is 7.17. The van der Waals surface area contributed by atoms with Gasteiger partial charge in [-0.2, -0.15) is 0 Å². The molecule has 0 aliphatic heterocycles. The number of carboxylic acid groups (broad SMARTS) is 1. The summed E-state index contributed by atoms with van der Waals surface area (Å²) in [7, 11) is 0. The van der Waals surface area contributed by atoms with Crippen molar-refractivity contribution < 1.29 is 19.5 Å². The van der Waals surface area contributed by atoms with Gasteiger partial charge < -0.3 is 15.7 Å². The summed E-state index contributed by atoms with van der Waals surface area (Å²) in [5, 5.41) is 16.1. The lowest BCUT2D eigenvalue weighted by Crippen LogP contribution is -2.36. The van der Waals surface area contributed by atoms with Gasteiger partial charge in [0, 0.05) is 10.9 Å². The predicted molar refractivity (Wildman–Crippen MR) is 124 cm³/mol. The van der Waals surface area contributed by atoms with E-state index in [2.05, 4.69) is 31.4 Å². The van der Waals surface area contributed by atoms with E-state index in [0.717, 1.165) is 37.7 Å². The Bertz CT molecular complexity index is 852. The molecule has 172 valence electrons. The van der Waals surface area contributed by atoms with Crippen LogP contribution < -0.4 is 10.6 Å². The quantitative estimate of drug-likeness (QED) is 0.599. The van der Waals surface area contributed by atoms with Crippen molar-refractivity contribution in [2.24, 2.45) is 23.2 Å². The van der Waals surface area contributed by atoms with E-state index in [4.69, 9.17) is 0 Å². The van der Waals surface area contributed by atoms with Crippen molar-refractivity contribution in [1.29, 1.82) is 0 Å². The standard InChI is InChI=1S/C24H36N2O4S/c1-13(2)25-21(28)19-17-11-10-14(24(3,4)5)12-18(17)31-22(19)26-20(27)15-8-6-7-9-16(15)23(29)30/h13-16H,6-12H2,1-5H3,(H,25,28)(H,26,27)(H,29,30)/t14-,15+,16-/m0/s1. The summed E-state index contributed by atoms with van der Waals surface area (Å²) in [6.07, 6.45) is 5.55. The Hall–Kier alpha value is -1.89. The molecule has 0 aromatic carbocycles. The summed E-state index contributed by atoms with van der Waals surface area (Å²) < 4.78 is 0. The number of nitrogens with one attached hydrogen (secondary N) is 2. The fourth-order valence-electron chi connectivity index (χ4n) is 4.93. The molecule has 3 atom stereocenters. The minimum Gasteiger partial charge on any atom is -0.481 e.